The van der Waals surface area contributed by atoms with Crippen LogP contribution in [0.5, 0.6) is 5.75 Å². The normalized spacial score (nSPS) is 12.2. The molecular weight excluding hydrogens is 257 g/mol. The van der Waals surface area contributed by atoms with Gasteiger partial charge in [-0.3, -0.25) is 9.97 Å². The zero-order chi connectivity index (χ0) is 14.4. The molecule has 0 saturated carbocycles. The van der Waals surface area contributed by atoms with Gasteiger partial charge in [0.1, 0.15) is 11.6 Å². The number of pyridine rings is 2. The van der Waals surface area contributed by atoms with Gasteiger partial charge in [0.2, 0.25) is 0 Å². The molecule has 2 heterocycles. The highest BCUT2D eigenvalue weighted by molar-refractivity contribution is 5.31. The minimum absolute atomic E-state index is 0.333. The molecule has 0 saturated heterocycles. The van der Waals surface area contributed by atoms with Crippen molar-refractivity contribution < 1.29 is 9.13 Å². The molecule has 0 radical (unpaired) electrons. The molecule has 0 fully saturated rings. The summed E-state index contributed by atoms with van der Waals surface area (Å²) in [6.45, 7) is 5.13. The molecular formula is C15H18FN3O. The van der Waals surface area contributed by atoms with E-state index in [-0.39, 0.29) is 11.9 Å². The number of aromatic nitrogens is 2. The van der Waals surface area contributed by atoms with Gasteiger partial charge >= 0.3 is 0 Å². The van der Waals surface area contributed by atoms with E-state index in [9.17, 15) is 4.39 Å². The lowest BCUT2D eigenvalue weighted by Crippen LogP contribution is -2.24. The van der Waals surface area contributed by atoms with Gasteiger partial charge in [0, 0.05) is 12.4 Å². The fourth-order valence-electron chi connectivity index (χ4n) is 2.03. The Morgan fingerprint density at radius 2 is 2.20 bits per heavy atom. The van der Waals surface area contributed by atoms with Crippen LogP contribution in [0.15, 0.2) is 36.8 Å². The quantitative estimate of drug-likeness (QED) is 0.880. The van der Waals surface area contributed by atoms with Crippen molar-refractivity contribution in [2.75, 3.05) is 13.2 Å². The van der Waals surface area contributed by atoms with E-state index in [1.807, 2.05) is 19.9 Å². The van der Waals surface area contributed by atoms with Crippen LogP contribution in [0.2, 0.25) is 0 Å². The summed E-state index contributed by atoms with van der Waals surface area (Å²) in [7, 11) is 0. The second kappa shape index (κ2) is 6.96. The fourth-order valence-corrected chi connectivity index (χ4v) is 2.03. The number of ether oxygens (including phenoxy) is 1. The van der Waals surface area contributed by atoms with E-state index >= 15 is 0 Å². The van der Waals surface area contributed by atoms with Crippen LogP contribution in [0.4, 0.5) is 4.39 Å². The molecule has 2 aromatic rings. The molecule has 1 unspecified atom stereocenters. The smallest absolute Gasteiger partial charge is 0.146 e. The third-order valence-corrected chi connectivity index (χ3v) is 2.85. The van der Waals surface area contributed by atoms with E-state index in [0.717, 1.165) is 5.56 Å². The molecule has 5 heteroatoms. The van der Waals surface area contributed by atoms with E-state index in [1.165, 1.54) is 6.07 Å². The number of halogens is 1. The van der Waals surface area contributed by atoms with Crippen molar-refractivity contribution in [2.45, 2.75) is 19.9 Å². The molecule has 2 rings (SSSR count). The van der Waals surface area contributed by atoms with E-state index in [0.29, 0.717) is 24.6 Å². The Morgan fingerprint density at radius 3 is 2.90 bits per heavy atom. The molecule has 0 spiro atoms. The summed E-state index contributed by atoms with van der Waals surface area (Å²) in [6, 6.07) is 4.51. The maximum absolute atomic E-state index is 13.9. The molecule has 0 bridgehead atoms. The van der Waals surface area contributed by atoms with Gasteiger partial charge in [0.15, 0.2) is 0 Å². The van der Waals surface area contributed by atoms with Gasteiger partial charge in [0.05, 0.1) is 24.5 Å². The van der Waals surface area contributed by atoms with Gasteiger partial charge in [-0.25, -0.2) is 4.39 Å². The number of hydrogen-bond acceptors (Lipinski definition) is 4. The Balaban J connectivity index is 2.38. The molecule has 106 valence electrons. The largest absolute Gasteiger partial charge is 0.492 e. The summed E-state index contributed by atoms with van der Waals surface area (Å²) < 4.78 is 19.4. The Hall–Kier alpha value is -2.01. The first-order valence-corrected chi connectivity index (χ1v) is 6.67. The number of rotatable bonds is 6. The van der Waals surface area contributed by atoms with Gasteiger partial charge < -0.3 is 10.1 Å². The van der Waals surface area contributed by atoms with Crippen LogP contribution in [-0.4, -0.2) is 23.1 Å². The number of nitrogens with zero attached hydrogens (tertiary/aromatic N) is 2. The molecule has 0 aliphatic carbocycles. The van der Waals surface area contributed by atoms with Gasteiger partial charge in [-0.1, -0.05) is 6.92 Å². The summed E-state index contributed by atoms with van der Waals surface area (Å²) in [6.07, 6.45) is 4.93. The number of hydrogen-bond donors (Lipinski definition) is 1. The highest BCUT2D eigenvalue weighted by Gasteiger charge is 2.19. The van der Waals surface area contributed by atoms with Crippen LogP contribution in [0.25, 0.3) is 0 Å². The average Bonchev–Trinajstić information content (AvgIpc) is 2.46. The summed E-state index contributed by atoms with van der Waals surface area (Å²) in [5, 5.41) is 3.23. The molecule has 2 aromatic heterocycles. The topological polar surface area (TPSA) is 47.0 Å². The zero-order valence-corrected chi connectivity index (χ0v) is 11.6. The Labute approximate surface area is 118 Å². The van der Waals surface area contributed by atoms with Crippen LogP contribution in [0, 0.1) is 5.82 Å². The van der Waals surface area contributed by atoms with Crippen molar-refractivity contribution in [3.8, 4) is 5.75 Å². The Bertz CT molecular complexity index is 562. The maximum atomic E-state index is 13.9. The predicted molar refractivity (Wildman–Crippen MR) is 75.1 cm³/mol. The van der Waals surface area contributed by atoms with Gasteiger partial charge in [-0.05, 0) is 37.2 Å². The monoisotopic (exact) mass is 275 g/mol. The Kier molecular flexibility index (Phi) is 5.01. The minimum Gasteiger partial charge on any atom is -0.492 e. The predicted octanol–water partition coefficient (Wildman–Crippen LogP) is 2.71. The van der Waals surface area contributed by atoms with E-state index in [1.54, 1.807) is 24.7 Å². The van der Waals surface area contributed by atoms with Crippen LogP contribution in [0.3, 0.4) is 0 Å². The van der Waals surface area contributed by atoms with Crippen molar-refractivity contribution in [3.63, 3.8) is 0 Å². The third kappa shape index (κ3) is 3.30. The third-order valence-electron chi connectivity index (χ3n) is 2.85. The molecule has 0 aliphatic heterocycles. The van der Waals surface area contributed by atoms with Crippen LogP contribution < -0.4 is 10.1 Å². The lowest BCUT2D eigenvalue weighted by molar-refractivity contribution is 0.338. The molecule has 1 N–H and O–H groups in total. The van der Waals surface area contributed by atoms with E-state index in [4.69, 9.17) is 4.74 Å². The second-order valence-corrected chi connectivity index (χ2v) is 4.25. The minimum atomic E-state index is -0.339. The highest BCUT2D eigenvalue weighted by atomic mass is 19.1. The summed E-state index contributed by atoms with van der Waals surface area (Å²) >= 11 is 0. The zero-order valence-electron chi connectivity index (χ0n) is 11.6. The summed E-state index contributed by atoms with van der Waals surface area (Å²) in [5.41, 5.74) is 1.19. The molecule has 4 nitrogen and oxygen atoms in total. The van der Waals surface area contributed by atoms with Gasteiger partial charge in [0.25, 0.3) is 0 Å². The standard InChI is InChI=1S/C15H18FN3O/c1-3-18-14(15-13(16)6-5-7-19-15)11-8-12(20-4-2)10-17-9-11/h5-10,14,18H,3-4H2,1-2H3. The van der Waals surface area contributed by atoms with Crippen LogP contribution in [-0.2, 0) is 0 Å². The first-order valence-electron chi connectivity index (χ1n) is 6.67. The van der Waals surface area contributed by atoms with Crippen LogP contribution >= 0.6 is 0 Å². The molecule has 0 aromatic carbocycles. The maximum Gasteiger partial charge on any atom is 0.146 e. The molecule has 0 amide bonds. The fraction of sp³-hybridized carbons (Fsp3) is 0.333. The van der Waals surface area contributed by atoms with E-state index in [2.05, 4.69) is 15.3 Å². The summed E-state index contributed by atoms with van der Waals surface area (Å²) in [5.74, 6) is 0.338. The first kappa shape index (κ1) is 14.4. The molecule has 1 atom stereocenters. The van der Waals surface area contributed by atoms with E-state index < -0.39 is 0 Å². The van der Waals surface area contributed by atoms with Gasteiger partial charge in [-0.15, -0.1) is 0 Å². The second-order valence-electron chi connectivity index (χ2n) is 4.25. The van der Waals surface area contributed by atoms with Crippen molar-refractivity contribution in [2.24, 2.45) is 0 Å². The lowest BCUT2D eigenvalue weighted by atomic mass is 10.0. The Morgan fingerprint density at radius 1 is 1.35 bits per heavy atom. The first-order chi connectivity index (χ1) is 9.76. The lowest BCUT2D eigenvalue weighted by Gasteiger charge is -2.18. The molecule has 20 heavy (non-hydrogen) atoms. The van der Waals surface area contributed by atoms with Crippen LogP contribution in [0.1, 0.15) is 31.1 Å². The average molecular weight is 275 g/mol. The van der Waals surface area contributed by atoms with Gasteiger partial charge in [-0.2, -0.15) is 0 Å². The van der Waals surface area contributed by atoms with Crippen molar-refractivity contribution >= 4 is 0 Å². The number of nitrogens with one attached hydrogen (secondary N) is 1. The SMILES string of the molecule is CCNC(c1cncc(OCC)c1)c1ncccc1F. The van der Waals surface area contributed by atoms with Crippen molar-refractivity contribution in [1.29, 1.82) is 0 Å². The molecule has 0 aliphatic rings. The van der Waals surface area contributed by atoms with Crippen molar-refractivity contribution in [1.82, 2.24) is 15.3 Å². The highest BCUT2D eigenvalue weighted by Crippen LogP contribution is 2.24. The van der Waals surface area contributed by atoms with Crippen molar-refractivity contribution in [3.05, 3.63) is 53.9 Å². The summed E-state index contributed by atoms with van der Waals surface area (Å²) in [4.78, 5) is 8.29.